The van der Waals surface area contributed by atoms with Crippen LogP contribution < -0.4 is 0 Å². The maximum absolute atomic E-state index is 11.5. The van der Waals surface area contributed by atoms with Crippen LogP contribution in [-0.2, 0) is 17.3 Å². The van der Waals surface area contributed by atoms with E-state index in [0.29, 0.717) is 18.1 Å². The molecule has 0 radical (unpaired) electrons. The highest BCUT2D eigenvalue weighted by atomic mass is 32.2. The quantitative estimate of drug-likeness (QED) is 0.906. The molecule has 0 fully saturated rings. The highest BCUT2D eigenvalue weighted by molar-refractivity contribution is 7.84. The minimum absolute atomic E-state index is 0.241. The van der Waals surface area contributed by atoms with Crippen LogP contribution in [0.15, 0.2) is 18.2 Å². The van der Waals surface area contributed by atoms with Crippen LogP contribution in [0.5, 0.6) is 0 Å². The summed E-state index contributed by atoms with van der Waals surface area (Å²) in [6.45, 7) is 4.35. The lowest BCUT2D eigenvalue weighted by Crippen LogP contribution is -2.10. The van der Waals surface area contributed by atoms with Crippen molar-refractivity contribution in [3.05, 3.63) is 29.6 Å². The van der Waals surface area contributed by atoms with E-state index in [-0.39, 0.29) is 5.56 Å². The maximum Gasteiger partial charge on any atom is 0.335 e. The fourth-order valence-corrected chi connectivity index (χ4v) is 2.67. The van der Waals surface area contributed by atoms with E-state index < -0.39 is 16.8 Å². The van der Waals surface area contributed by atoms with Crippen molar-refractivity contribution in [3.63, 3.8) is 0 Å². The molecule has 0 amide bonds. The summed E-state index contributed by atoms with van der Waals surface area (Å²) in [5.41, 5.74) is 1.79. The van der Waals surface area contributed by atoms with Gasteiger partial charge in [0.05, 0.1) is 16.6 Å². The summed E-state index contributed by atoms with van der Waals surface area (Å²) in [6.07, 6.45) is 0. The molecule has 1 atom stereocenters. The third kappa shape index (κ3) is 2.84. The molecule has 1 aromatic heterocycles. The third-order valence-electron chi connectivity index (χ3n) is 3.05. The molecule has 0 saturated heterocycles. The molecule has 102 valence electrons. The number of imidazole rings is 1. The van der Waals surface area contributed by atoms with Crippen LogP contribution in [0.2, 0.25) is 0 Å². The summed E-state index contributed by atoms with van der Waals surface area (Å²) >= 11 is 0. The second-order valence-corrected chi connectivity index (χ2v) is 6.12. The molecule has 0 aliphatic heterocycles. The number of aromatic nitrogens is 2. The molecule has 2 rings (SSSR count). The molecule has 19 heavy (non-hydrogen) atoms. The normalized spacial score (nSPS) is 12.7. The van der Waals surface area contributed by atoms with Gasteiger partial charge in [-0.25, -0.2) is 9.78 Å². The Labute approximate surface area is 113 Å². The van der Waals surface area contributed by atoms with Crippen LogP contribution in [0.1, 0.15) is 23.1 Å². The van der Waals surface area contributed by atoms with E-state index in [9.17, 15) is 9.00 Å². The number of hydrogen-bond acceptors (Lipinski definition) is 3. The SMILES string of the molecule is CCS(=O)CCn1c(C)nc2ccc(C(=O)O)cc21. The number of hydrogen-bond donors (Lipinski definition) is 1. The number of nitrogens with zero attached hydrogens (tertiary/aromatic N) is 2. The summed E-state index contributed by atoms with van der Waals surface area (Å²) in [5.74, 6) is 1.04. The molecule has 0 aliphatic carbocycles. The van der Waals surface area contributed by atoms with E-state index in [4.69, 9.17) is 5.11 Å². The first-order valence-electron chi connectivity index (χ1n) is 6.08. The van der Waals surface area contributed by atoms with Crippen LogP contribution in [0.4, 0.5) is 0 Å². The topological polar surface area (TPSA) is 72.2 Å². The Balaban J connectivity index is 2.41. The molecular formula is C13H16N2O3S. The van der Waals surface area contributed by atoms with E-state index >= 15 is 0 Å². The smallest absolute Gasteiger partial charge is 0.335 e. The predicted octanol–water partition coefficient (Wildman–Crippen LogP) is 1.81. The van der Waals surface area contributed by atoms with Crippen molar-refractivity contribution in [1.29, 1.82) is 0 Å². The van der Waals surface area contributed by atoms with Gasteiger partial charge in [0.1, 0.15) is 5.82 Å². The average molecular weight is 280 g/mol. The third-order valence-corrected chi connectivity index (χ3v) is 4.33. The van der Waals surface area contributed by atoms with Gasteiger partial charge in [0.2, 0.25) is 0 Å². The van der Waals surface area contributed by atoms with Crippen molar-refractivity contribution in [2.24, 2.45) is 0 Å². The number of benzene rings is 1. The lowest BCUT2D eigenvalue weighted by molar-refractivity contribution is 0.0697. The molecule has 1 unspecified atom stereocenters. The molecule has 1 N–H and O–H groups in total. The van der Waals surface area contributed by atoms with Crippen LogP contribution in [0, 0.1) is 6.92 Å². The van der Waals surface area contributed by atoms with Gasteiger partial charge in [-0.3, -0.25) is 4.21 Å². The van der Waals surface area contributed by atoms with Crippen LogP contribution in [-0.4, -0.2) is 36.3 Å². The standard InChI is InChI=1S/C13H16N2O3S/c1-3-19(18)7-6-15-9(2)14-11-5-4-10(13(16)17)8-12(11)15/h4-5,8H,3,6-7H2,1-2H3,(H,16,17). The Hall–Kier alpha value is -1.69. The van der Waals surface area contributed by atoms with Gasteiger partial charge in [-0.2, -0.15) is 0 Å². The van der Waals surface area contributed by atoms with Crippen molar-refractivity contribution in [3.8, 4) is 0 Å². The molecular weight excluding hydrogens is 264 g/mol. The Kier molecular flexibility index (Phi) is 3.99. The van der Waals surface area contributed by atoms with Gasteiger partial charge in [-0.05, 0) is 25.1 Å². The Morgan fingerprint density at radius 1 is 1.47 bits per heavy atom. The Morgan fingerprint density at radius 2 is 2.21 bits per heavy atom. The number of aromatic carboxylic acids is 1. The summed E-state index contributed by atoms with van der Waals surface area (Å²) < 4.78 is 13.4. The summed E-state index contributed by atoms with van der Waals surface area (Å²) in [7, 11) is -0.842. The van der Waals surface area contributed by atoms with E-state index in [1.807, 2.05) is 18.4 Å². The van der Waals surface area contributed by atoms with Gasteiger partial charge in [0.25, 0.3) is 0 Å². The zero-order valence-corrected chi connectivity index (χ0v) is 11.7. The number of carbonyl (C=O) groups is 1. The van der Waals surface area contributed by atoms with Crippen LogP contribution in [0.25, 0.3) is 11.0 Å². The van der Waals surface area contributed by atoms with E-state index in [2.05, 4.69) is 4.98 Å². The lowest BCUT2D eigenvalue weighted by atomic mass is 10.2. The van der Waals surface area contributed by atoms with Crippen molar-refractivity contribution < 1.29 is 14.1 Å². The lowest BCUT2D eigenvalue weighted by Gasteiger charge is -2.06. The fraction of sp³-hybridized carbons (Fsp3) is 0.385. The molecule has 2 aromatic rings. The first kappa shape index (κ1) is 13.7. The molecule has 0 aliphatic rings. The Morgan fingerprint density at radius 3 is 2.84 bits per heavy atom. The molecule has 0 saturated carbocycles. The maximum atomic E-state index is 11.5. The van der Waals surface area contributed by atoms with Gasteiger partial charge < -0.3 is 9.67 Å². The highest BCUT2D eigenvalue weighted by Crippen LogP contribution is 2.18. The zero-order chi connectivity index (χ0) is 14.0. The van der Waals surface area contributed by atoms with E-state index in [0.717, 1.165) is 16.9 Å². The first-order chi connectivity index (χ1) is 9.02. The van der Waals surface area contributed by atoms with Gasteiger partial charge in [0, 0.05) is 28.9 Å². The number of carboxylic acids is 1. The number of rotatable bonds is 5. The zero-order valence-electron chi connectivity index (χ0n) is 10.9. The number of aryl methyl sites for hydroxylation is 2. The van der Waals surface area contributed by atoms with Crippen molar-refractivity contribution >= 4 is 27.8 Å². The Bertz CT molecular complexity index is 649. The second kappa shape index (κ2) is 5.52. The molecule has 1 heterocycles. The molecule has 1 aromatic carbocycles. The number of fused-ring (bicyclic) bond motifs is 1. The van der Waals surface area contributed by atoms with E-state index in [1.54, 1.807) is 18.2 Å². The van der Waals surface area contributed by atoms with Gasteiger partial charge in [-0.15, -0.1) is 0 Å². The molecule has 6 heteroatoms. The summed E-state index contributed by atoms with van der Waals surface area (Å²) in [5, 5.41) is 9.02. The van der Waals surface area contributed by atoms with Crippen molar-refractivity contribution in [2.45, 2.75) is 20.4 Å². The first-order valence-corrected chi connectivity index (χ1v) is 7.57. The second-order valence-electron chi connectivity index (χ2n) is 4.25. The minimum atomic E-state index is -0.954. The average Bonchev–Trinajstić information content (AvgIpc) is 2.70. The molecule has 5 nitrogen and oxygen atoms in total. The molecule has 0 spiro atoms. The predicted molar refractivity (Wildman–Crippen MR) is 75.0 cm³/mol. The summed E-state index contributed by atoms with van der Waals surface area (Å²) in [6, 6.07) is 4.87. The number of carboxylic acid groups (broad SMARTS) is 1. The monoisotopic (exact) mass is 280 g/mol. The minimum Gasteiger partial charge on any atom is -0.478 e. The highest BCUT2D eigenvalue weighted by Gasteiger charge is 2.11. The van der Waals surface area contributed by atoms with Gasteiger partial charge >= 0.3 is 5.97 Å². The van der Waals surface area contributed by atoms with Crippen LogP contribution >= 0.6 is 0 Å². The van der Waals surface area contributed by atoms with Gasteiger partial charge in [-0.1, -0.05) is 6.92 Å². The van der Waals surface area contributed by atoms with E-state index in [1.165, 1.54) is 0 Å². The van der Waals surface area contributed by atoms with Crippen LogP contribution in [0.3, 0.4) is 0 Å². The molecule has 0 bridgehead atoms. The summed E-state index contributed by atoms with van der Waals surface area (Å²) in [4.78, 5) is 15.4. The van der Waals surface area contributed by atoms with Crippen molar-refractivity contribution in [2.75, 3.05) is 11.5 Å². The fourth-order valence-electron chi connectivity index (χ4n) is 2.00. The van der Waals surface area contributed by atoms with Gasteiger partial charge in [0.15, 0.2) is 0 Å². The largest absolute Gasteiger partial charge is 0.478 e. The van der Waals surface area contributed by atoms with Crippen molar-refractivity contribution in [1.82, 2.24) is 9.55 Å².